The molecular weight excluding hydrogens is 329 g/mol. The van der Waals surface area contributed by atoms with Crippen molar-refractivity contribution in [2.45, 2.75) is 0 Å². The molecule has 0 bridgehead atoms. The average molecular weight is 333 g/mol. The first-order chi connectivity index (χ1) is 8.16. The molecular formula is C10H4BrClFN3S. The fourth-order valence-corrected chi connectivity index (χ4v) is 3.00. The van der Waals surface area contributed by atoms with Gasteiger partial charge in [0.1, 0.15) is 15.3 Å². The Morgan fingerprint density at radius 2 is 2.29 bits per heavy atom. The van der Waals surface area contributed by atoms with E-state index in [0.29, 0.717) is 21.6 Å². The highest BCUT2D eigenvalue weighted by molar-refractivity contribution is 9.10. The van der Waals surface area contributed by atoms with E-state index in [1.807, 2.05) is 5.38 Å². The van der Waals surface area contributed by atoms with Crippen LogP contribution in [0.1, 0.15) is 0 Å². The zero-order valence-electron chi connectivity index (χ0n) is 8.17. The minimum absolute atomic E-state index is 0.00831. The van der Waals surface area contributed by atoms with E-state index in [9.17, 15) is 4.39 Å². The summed E-state index contributed by atoms with van der Waals surface area (Å²) in [5, 5.41) is 2.93. The van der Waals surface area contributed by atoms with Crippen LogP contribution < -0.4 is 0 Å². The number of nitrogens with zero attached hydrogens (tertiary/aromatic N) is 2. The van der Waals surface area contributed by atoms with Gasteiger partial charge in [0.25, 0.3) is 0 Å². The number of aromatic nitrogens is 3. The van der Waals surface area contributed by atoms with Crippen LogP contribution >= 0.6 is 38.9 Å². The SMILES string of the molecule is Fc1c(Cl)cnc2[nH]cc(-c3nc(Br)cs3)c12. The van der Waals surface area contributed by atoms with Gasteiger partial charge in [-0.05, 0) is 15.9 Å². The van der Waals surface area contributed by atoms with Crippen LogP contribution in [-0.4, -0.2) is 15.0 Å². The Kier molecular flexibility index (Phi) is 2.65. The van der Waals surface area contributed by atoms with Gasteiger partial charge >= 0.3 is 0 Å². The molecule has 7 heteroatoms. The second-order valence-corrected chi connectivity index (χ2v) is 5.40. The molecule has 17 heavy (non-hydrogen) atoms. The fraction of sp³-hybridized carbons (Fsp3) is 0. The number of hydrogen-bond donors (Lipinski definition) is 1. The van der Waals surface area contributed by atoms with E-state index in [0.717, 1.165) is 4.60 Å². The maximum Gasteiger partial charge on any atom is 0.155 e. The number of H-pyrrole nitrogens is 1. The number of rotatable bonds is 1. The molecule has 0 amide bonds. The predicted molar refractivity (Wildman–Crippen MR) is 69.9 cm³/mol. The lowest BCUT2D eigenvalue weighted by molar-refractivity contribution is 0.639. The van der Waals surface area contributed by atoms with Gasteiger partial charge in [0.2, 0.25) is 0 Å². The van der Waals surface area contributed by atoms with Gasteiger partial charge in [-0.1, -0.05) is 11.6 Å². The molecule has 0 saturated carbocycles. The van der Waals surface area contributed by atoms with Gasteiger partial charge in [-0.2, -0.15) is 0 Å². The Morgan fingerprint density at radius 1 is 1.47 bits per heavy atom. The molecule has 0 spiro atoms. The van der Waals surface area contributed by atoms with Gasteiger partial charge in [-0.3, -0.25) is 0 Å². The summed E-state index contributed by atoms with van der Waals surface area (Å²) in [6.45, 7) is 0. The molecule has 0 aliphatic heterocycles. The van der Waals surface area contributed by atoms with Crippen molar-refractivity contribution in [1.82, 2.24) is 15.0 Å². The highest BCUT2D eigenvalue weighted by Crippen LogP contribution is 2.34. The van der Waals surface area contributed by atoms with Crippen LogP contribution in [0.4, 0.5) is 4.39 Å². The average Bonchev–Trinajstić information content (AvgIpc) is 2.89. The zero-order chi connectivity index (χ0) is 12.0. The summed E-state index contributed by atoms with van der Waals surface area (Å²) in [5.74, 6) is -0.473. The van der Waals surface area contributed by atoms with Crippen LogP contribution in [0.25, 0.3) is 21.6 Å². The van der Waals surface area contributed by atoms with Crippen LogP contribution in [0, 0.1) is 5.82 Å². The van der Waals surface area contributed by atoms with Crippen molar-refractivity contribution in [3.63, 3.8) is 0 Å². The molecule has 0 unspecified atom stereocenters. The molecule has 0 aliphatic rings. The van der Waals surface area contributed by atoms with Gasteiger partial charge in [-0.15, -0.1) is 11.3 Å². The minimum atomic E-state index is -0.473. The number of fused-ring (bicyclic) bond motifs is 1. The first-order valence-electron chi connectivity index (χ1n) is 4.59. The maximum atomic E-state index is 14.0. The van der Waals surface area contributed by atoms with Gasteiger partial charge in [-0.25, -0.2) is 14.4 Å². The Hall–Kier alpha value is -0.980. The van der Waals surface area contributed by atoms with E-state index < -0.39 is 5.82 Å². The number of pyridine rings is 1. The standard InChI is InChI=1S/C10H4BrClFN3S/c11-6-3-17-10(16-6)4-1-14-9-7(4)8(13)5(12)2-15-9/h1-3H,(H,14,15). The van der Waals surface area contributed by atoms with E-state index >= 15 is 0 Å². The third kappa shape index (κ3) is 1.76. The molecule has 3 rings (SSSR count). The lowest BCUT2D eigenvalue weighted by atomic mass is 10.2. The Morgan fingerprint density at radius 3 is 3.00 bits per heavy atom. The van der Waals surface area contributed by atoms with E-state index in [1.165, 1.54) is 17.5 Å². The zero-order valence-corrected chi connectivity index (χ0v) is 11.3. The first kappa shape index (κ1) is 11.1. The monoisotopic (exact) mass is 331 g/mol. The summed E-state index contributed by atoms with van der Waals surface area (Å²) >= 11 is 10.4. The molecule has 0 aliphatic carbocycles. The maximum absolute atomic E-state index is 14.0. The fourth-order valence-electron chi connectivity index (χ4n) is 1.58. The first-order valence-corrected chi connectivity index (χ1v) is 6.64. The van der Waals surface area contributed by atoms with Crippen LogP contribution in [-0.2, 0) is 0 Å². The second kappa shape index (κ2) is 4.04. The van der Waals surface area contributed by atoms with Crippen LogP contribution in [0.3, 0.4) is 0 Å². The highest BCUT2D eigenvalue weighted by Gasteiger charge is 2.16. The summed E-state index contributed by atoms with van der Waals surface area (Å²) < 4.78 is 14.7. The number of thiazole rings is 1. The van der Waals surface area contributed by atoms with Gasteiger partial charge in [0, 0.05) is 17.1 Å². The van der Waals surface area contributed by atoms with Gasteiger partial charge < -0.3 is 4.98 Å². The molecule has 86 valence electrons. The summed E-state index contributed by atoms with van der Waals surface area (Å²) in [6, 6.07) is 0. The molecule has 0 radical (unpaired) electrons. The molecule has 0 aromatic carbocycles. The molecule has 0 saturated heterocycles. The lowest BCUT2D eigenvalue weighted by Gasteiger charge is -1.97. The quantitative estimate of drug-likeness (QED) is 0.724. The smallest absolute Gasteiger partial charge is 0.155 e. The molecule has 3 heterocycles. The van der Waals surface area contributed by atoms with E-state index in [-0.39, 0.29) is 5.02 Å². The van der Waals surface area contributed by atoms with Crippen LogP contribution in [0.2, 0.25) is 5.02 Å². The number of nitrogens with one attached hydrogen (secondary N) is 1. The van der Waals surface area contributed by atoms with Crippen molar-refractivity contribution in [3.8, 4) is 10.6 Å². The summed E-state index contributed by atoms with van der Waals surface area (Å²) in [5.41, 5.74) is 1.14. The Bertz CT molecular complexity index is 709. The molecule has 1 N–H and O–H groups in total. The second-order valence-electron chi connectivity index (χ2n) is 3.32. The van der Waals surface area contributed by atoms with Crippen molar-refractivity contribution in [1.29, 1.82) is 0 Å². The number of hydrogen-bond acceptors (Lipinski definition) is 3. The third-order valence-electron chi connectivity index (χ3n) is 2.30. The summed E-state index contributed by atoms with van der Waals surface area (Å²) in [6.07, 6.45) is 2.97. The van der Waals surface area contributed by atoms with E-state index in [2.05, 4.69) is 30.9 Å². The lowest BCUT2D eigenvalue weighted by Crippen LogP contribution is -1.84. The summed E-state index contributed by atoms with van der Waals surface area (Å²) in [4.78, 5) is 11.2. The van der Waals surface area contributed by atoms with Crippen LogP contribution in [0.5, 0.6) is 0 Å². The van der Waals surface area contributed by atoms with Crippen molar-refractivity contribution in [2.24, 2.45) is 0 Å². The van der Waals surface area contributed by atoms with E-state index in [4.69, 9.17) is 11.6 Å². The topological polar surface area (TPSA) is 41.6 Å². The van der Waals surface area contributed by atoms with Crippen LogP contribution in [0.15, 0.2) is 22.4 Å². The predicted octanol–water partition coefficient (Wildman–Crippen LogP) is 4.24. The molecule has 3 nitrogen and oxygen atoms in total. The number of aromatic amines is 1. The molecule has 0 fully saturated rings. The van der Waals surface area contributed by atoms with Crippen molar-refractivity contribution < 1.29 is 4.39 Å². The Balaban J connectivity index is 2.34. The summed E-state index contributed by atoms with van der Waals surface area (Å²) in [7, 11) is 0. The van der Waals surface area contributed by atoms with Gasteiger partial charge in [0.15, 0.2) is 5.82 Å². The largest absolute Gasteiger partial charge is 0.345 e. The van der Waals surface area contributed by atoms with E-state index in [1.54, 1.807) is 6.20 Å². The molecule has 3 aromatic rings. The normalized spacial score (nSPS) is 11.2. The third-order valence-corrected chi connectivity index (χ3v) is 4.15. The van der Waals surface area contributed by atoms with Crippen molar-refractivity contribution in [2.75, 3.05) is 0 Å². The molecule has 0 atom stereocenters. The minimum Gasteiger partial charge on any atom is -0.345 e. The van der Waals surface area contributed by atoms with Crippen molar-refractivity contribution >= 4 is 49.9 Å². The Labute approximate surface area is 113 Å². The number of halogens is 3. The van der Waals surface area contributed by atoms with Gasteiger partial charge in [0.05, 0.1) is 16.6 Å². The molecule has 3 aromatic heterocycles. The van der Waals surface area contributed by atoms with Crippen molar-refractivity contribution in [3.05, 3.63) is 33.2 Å². The highest BCUT2D eigenvalue weighted by atomic mass is 79.9.